The SMILES string of the molecule is CCC(=O)c1c[se]c(N2CCCCC2)n1. The number of nitrogens with zero attached hydrogens (tertiary/aromatic N) is 2. The van der Waals surface area contributed by atoms with Crippen molar-refractivity contribution in [2.24, 2.45) is 0 Å². The van der Waals surface area contributed by atoms with Crippen molar-refractivity contribution < 1.29 is 4.79 Å². The van der Waals surface area contributed by atoms with Gasteiger partial charge in [-0.15, -0.1) is 0 Å². The summed E-state index contributed by atoms with van der Waals surface area (Å²) in [6.45, 7) is 4.15. The molecule has 2 rings (SSSR count). The fourth-order valence-electron chi connectivity index (χ4n) is 1.80. The summed E-state index contributed by atoms with van der Waals surface area (Å²) in [5, 5.41) is 0. The van der Waals surface area contributed by atoms with Crippen LogP contribution >= 0.6 is 0 Å². The fourth-order valence-corrected chi connectivity index (χ4v) is 3.66. The number of rotatable bonds is 3. The van der Waals surface area contributed by atoms with E-state index in [9.17, 15) is 4.79 Å². The van der Waals surface area contributed by atoms with Crippen LogP contribution in [-0.4, -0.2) is 38.4 Å². The third kappa shape index (κ3) is 2.50. The van der Waals surface area contributed by atoms with E-state index < -0.39 is 0 Å². The monoisotopic (exact) mass is 272 g/mol. The summed E-state index contributed by atoms with van der Waals surface area (Å²) in [5.41, 5.74) is 0.707. The summed E-state index contributed by atoms with van der Waals surface area (Å²) >= 11 is 0.289. The quantitative estimate of drug-likeness (QED) is 0.620. The van der Waals surface area contributed by atoms with Crippen LogP contribution < -0.4 is 4.90 Å². The van der Waals surface area contributed by atoms with Crippen LogP contribution in [0.3, 0.4) is 0 Å². The average molecular weight is 271 g/mol. The summed E-state index contributed by atoms with van der Waals surface area (Å²) in [6.07, 6.45) is 4.45. The maximum atomic E-state index is 11.5. The molecule has 0 amide bonds. The molecule has 1 fully saturated rings. The molecule has 0 unspecified atom stereocenters. The topological polar surface area (TPSA) is 33.2 Å². The number of ketones is 1. The molecule has 82 valence electrons. The first-order valence-electron chi connectivity index (χ1n) is 5.55. The van der Waals surface area contributed by atoms with Crippen LogP contribution in [0.15, 0.2) is 4.94 Å². The number of carbonyl (C=O) groups is 1. The Kier molecular flexibility index (Phi) is 3.60. The summed E-state index contributed by atoms with van der Waals surface area (Å²) in [4.78, 5) is 20.3. The van der Waals surface area contributed by atoms with Gasteiger partial charge in [0.2, 0.25) is 0 Å². The second-order valence-electron chi connectivity index (χ2n) is 3.84. The van der Waals surface area contributed by atoms with E-state index in [2.05, 4.69) is 9.88 Å². The molecule has 1 aromatic rings. The molecule has 0 N–H and O–H groups in total. The molecule has 0 radical (unpaired) electrons. The minimum atomic E-state index is 0.184. The third-order valence-electron chi connectivity index (χ3n) is 2.73. The average Bonchev–Trinajstić information content (AvgIpc) is 2.78. The van der Waals surface area contributed by atoms with Crippen LogP contribution in [0.5, 0.6) is 0 Å². The van der Waals surface area contributed by atoms with E-state index >= 15 is 0 Å². The molecule has 15 heavy (non-hydrogen) atoms. The predicted molar refractivity (Wildman–Crippen MR) is 61.9 cm³/mol. The van der Waals surface area contributed by atoms with Crippen molar-refractivity contribution in [1.29, 1.82) is 0 Å². The Morgan fingerprint density at radius 1 is 1.47 bits per heavy atom. The first kappa shape index (κ1) is 10.9. The van der Waals surface area contributed by atoms with E-state index in [0.29, 0.717) is 12.1 Å². The van der Waals surface area contributed by atoms with Gasteiger partial charge in [0.15, 0.2) is 0 Å². The van der Waals surface area contributed by atoms with E-state index in [0.717, 1.165) is 13.1 Å². The number of hydrogen-bond donors (Lipinski definition) is 0. The zero-order chi connectivity index (χ0) is 10.7. The second-order valence-corrected chi connectivity index (χ2v) is 5.59. The summed E-state index contributed by atoms with van der Waals surface area (Å²) in [6, 6.07) is 0. The summed E-state index contributed by atoms with van der Waals surface area (Å²) < 4.78 is 1.17. The number of carbonyl (C=O) groups excluding carboxylic acids is 1. The van der Waals surface area contributed by atoms with Gasteiger partial charge in [-0.3, -0.25) is 0 Å². The second kappa shape index (κ2) is 4.95. The first-order chi connectivity index (χ1) is 7.31. The Labute approximate surface area is 96.2 Å². The number of hydrogen-bond acceptors (Lipinski definition) is 3. The van der Waals surface area contributed by atoms with Gasteiger partial charge in [0.1, 0.15) is 0 Å². The number of anilines is 1. The Bertz CT molecular complexity index is 342. The van der Waals surface area contributed by atoms with Crippen molar-refractivity contribution in [1.82, 2.24) is 4.98 Å². The van der Waals surface area contributed by atoms with Crippen LogP contribution in [0.1, 0.15) is 43.1 Å². The Morgan fingerprint density at radius 2 is 2.20 bits per heavy atom. The molecule has 0 bridgehead atoms. The van der Waals surface area contributed by atoms with Crippen LogP contribution in [0.4, 0.5) is 4.69 Å². The number of aromatic nitrogens is 1. The molecule has 1 aliphatic heterocycles. The molecule has 2 heterocycles. The van der Waals surface area contributed by atoms with Gasteiger partial charge in [-0.05, 0) is 0 Å². The van der Waals surface area contributed by atoms with Crippen molar-refractivity contribution in [2.45, 2.75) is 32.6 Å². The van der Waals surface area contributed by atoms with Gasteiger partial charge in [-0.1, -0.05) is 0 Å². The van der Waals surface area contributed by atoms with Gasteiger partial charge >= 0.3 is 96.0 Å². The zero-order valence-electron chi connectivity index (χ0n) is 9.03. The van der Waals surface area contributed by atoms with Crippen molar-refractivity contribution in [3.63, 3.8) is 0 Å². The fraction of sp³-hybridized carbons (Fsp3) is 0.636. The number of piperidine rings is 1. The van der Waals surface area contributed by atoms with E-state index in [1.807, 2.05) is 11.9 Å². The molecule has 0 saturated carbocycles. The molecule has 3 nitrogen and oxygen atoms in total. The van der Waals surface area contributed by atoms with Crippen molar-refractivity contribution in [3.8, 4) is 0 Å². The van der Waals surface area contributed by atoms with Gasteiger partial charge in [0.25, 0.3) is 0 Å². The van der Waals surface area contributed by atoms with Crippen LogP contribution in [-0.2, 0) is 0 Å². The van der Waals surface area contributed by atoms with Crippen LogP contribution in [0, 0.1) is 0 Å². The van der Waals surface area contributed by atoms with Crippen LogP contribution in [0.25, 0.3) is 0 Å². The molecule has 0 atom stereocenters. The molecule has 1 saturated heterocycles. The van der Waals surface area contributed by atoms with Gasteiger partial charge in [0, 0.05) is 0 Å². The molecular formula is C11H16N2OSe. The molecule has 4 heteroatoms. The normalized spacial score (nSPS) is 16.7. The molecule has 1 aliphatic rings. The van der Waals surface area contributed by atoms with Gasteiger partial charge in [-0.25, -0.2) is 0 Å². The van der Waals surface area contributed by atoms with Crippen molar-refractivity contribution in [2.75, 3.05) is 18.0 Å². The number of Topliss-reactive ketones (excluding diaryl/α,β-unsaturated/α-hetero) is 1. The van der Waals surface area contributed by atoms with Crippen LogP contribution in [0.2, 0.25) is 0 Å². The minimum absolute atomic E-state index is 0.184. The van der Waals surface area contributed by atoms with Gasteiger partial charge in [-0.2, -0.15) is 0 Å². The van der Waals surface area contributed by atoms with Crippen molar-refractivity contribution in [3.05, 3.63) is 10.6 Å². The summed E-state index contributed by atoms with van der Waals surface area (Å²) in [5.74, 6) is 0.184. The Balaban J connectivity index is 2.08. The van der Waals surface area contributed by atoms with E-state index in [1.165, 1.54) is 24.0 Å². The van der Waals surface area contributed by atoms with E-state index in [4.69, 9.17) is 0 Å². The molecule has 0 aromatic carbocycles. The first-order valence-corrected chi connectivity index (χ1v) is 7.39. The Hall–Kier alpha value is -0.601. The molecule has 1 aromatic heterocycles. The Morgan fingerprint density at radius 3 is 2.87 bits per heavy atom. The maximum absolute atomic E-state index is 11.5. The molecule has 0 aliphatic carbocycles. The molecular weight excluding hydrogens is 255 g/mol. The summed E-state index contributed by atoms with van der Waals surface area (Å²) in [7, 11) is 0. The molecule has 0 spiro atoms. The van der Waals surface area contributed by atoms with E-state index in [-0.39, 0.29) is 20.3 Å². The van der Waals surface area contributed by atoms with Crippen molar-refractivity contribution >= 4 is 25.0 Å². The van der Waals surface area contributed by atoms with Gasteiger partial charge < -0.3 is 0 Å². The van der Waals surface area contributed by atoms with Gasteiger partial charge in [0.05, 0.1) is 0 Å². The third-order valence-corrected chi connectivity index (χ3v) is 4.62. The zero-order valence-corrected chi connectivity index (χ0v) is 10.7. The van der Waals surface area contributed by atoms with E-state index in [1.54, 1.807) is 0 Å². The predicted octanol–water partition coefficient (Wildman–Crippen LogP) is 1.72. The standard InChI is InChI=1S/C11H16N2OSe/c1-2-10(14)9-8-15-11(12-9)13-6-4-3-5-7-13/h8H,2-7H2,1H3.